The zero-order valence-electron chi connectivity index (χ0n) is 6.29. The number of allylic oxidation sites excluding steroid dienone is 1. The highest BCUT2D eigenvalue weighted by atomic mass is 16.2. The van der Waals surface area contributed by atoms with Gasteiger partial charge in [0.2, 0.25) is 5.91 Å². The topological polar surface area (TPSA) is 20.3 Å². The van der Waals surface area contributed by atoms with Crippen LogP contribution in [0.3, 0.4) is 0 Å². The minimum absolute atomic E-state index is 0.0322. The Morgan fingerprint density at radius 3 is 2.70 bits per heavy atom. The summed E-state index contributed by atoms with van der Waals surface area (Å²) in [6.45, 7) is 0. The summed E-state index contributed by atoms with van der Waals surface area (Å²) in [5.74, 6) is 2.37. The lowest BCUT2D eigenvalue weighted by Gasteiger charge is -2.04. The number of carbonyl (C=O) groups is 1. The molecule has 0 aromatic rings. The van der Waals surface area contributed by atoms with E-state index in [1.165, 1.54) is 11.0 Å². The number of carbonyl (C=O) groups excluding carboxylic acids is 1. The summed E-state index contributed by atoms with van der Waals surface area (Å²) in [7, 11) is 3.39. The molecule has 0 N–H and O–H groups in total. The van der Waals surface area contributed by atoms with Gasteiger partial charge >= 0.3 is 0 Å². The first-order valence-electron chi connectivity index (χ1n) is 2.99. The molecule has 0 aliphatic rings. The Labute approximate surface area is 61.5 Å². The van der Waals surface area contributed by atoms with Gasteiger partial charge in [-0.25, -0.2) is 0 Å². The fraction of sp³-hybridized carbons (Fsp3) is 0.375. The fourth-order valence-electron chi connectivity index (χ4n) is 0.377. The van der Waals surface area contributed by atoms with Gasteiger partial charge in [-0.05, 0) is 0 Å². The minimum Gasteiger partial charge on any atom is -0.345 e. The zero-order valence-corrected chi connectivity index (χ0v) is 6.29. The maximum Gasteiger partial charge on any atom is 0.245 e. The molecular weight excluding hydrogens is 126 g/mol. The molecule has 54 valence electrons. The molecule has 2 heteroatoms. The van der Waals surface area contributed by atoms with Crippen LogP contribution in [-0.4, -0.2) is 24.9 Å². The average Bonchev–Trinajstić information content (AvgIpc) is 1.88. The summed E-state index contributed by atoms with van der Waals surface area (Å²) in [4.78, 5) is 12.3. The highest BCUT2D eigenvalue weighted by Gasteiger charge is 1.94. The average molecular weight is 137 g/mol. The Kier molecular flexibility index (Phi) is 4.06. The summed E-state index contributed by atoms with van der Waals surface area (Å²) < 4.78 is 0. The van der Waals surface area contributed by atoms with Gasteiger partial charge < -0.3 is 4.90 Å². The third kappa shape index (κ3) is 3.73. The quantitative estimate of drug-likeness (QED) is 0.404. The Balaban J connectivity index is 3.70. The normalized spacial score (nSPS) is 9.30. The molecule has 0 fully saturated rings. The molecule has 0 bridgehead atoms. The molecule has 0 unspecified atom stereocenters. The first kappa shape index (κ1) is 8.77. The van der Waals surface area contributed by atoms with Gasteiger partial charge in [-0.2, -0.15) is 0 Å². The molecule has 0 aliphatic heterocycles. The van der Waals surface area contributed by atoms with Crippen LogP contribution in [-0.2, 0) is 4.79 Å². The van der Waals surface area contributed by atoms with Crippen LogP contribution in [0.15, 0.2) is 12.2 Å². The number of hydrogen-bond acceptors (Lipinski definition) is 1. The van der Waals surface area contributed by atoms with Crippen molar-refractivity contribution >= 4 is 5.91 Å². The number of nitrogens with zero attached hydrogens (tertiary/aromatic N) is 1. The first-order valence-corrected chi connectivity index (χ1v) is 2.99. The van der Waals surface area contributed by atoms with Gasteiger partial charge in [-0.1, -0.05) is 6.08 Å². The Hall–Kier alpha value is -1.23. The molecule has 0 saturated heterocycles. The second kappa shape index (κ2) is 4.63. The third-order valence-electron chi connectivity index (χ3n) is 0.937. The molecule has 0 heterocycles. The molecule has 0 rings (SSSR count). The van der Waals surface area contributed by atoms with Gasteiger partial charge in [-0.15, -0.1) is 12.3 Å². The van der Waals surface area contributed by atoms with E-state index in [1.807, 2.05) is 0 Å². The van der Waals surface area contributed by atoms with Crippen molar-refractivity contribution in [2.45, 2.75) is 6.42 Å². The van der Waals surface area contributed by atoms with E-state index < -0.39 is 0 Å². The predicted octanol–water partition coefficient (Wildman–Crippen LogP) is 0.654. The SMILES string of the molecule is C#CC/C=C\C(=O)N(C)C. The van der Waals surface area contributed by atoms with Crippen LogP contribution >= 0.6 is 0 Å². The zero-order chi connectivity index (χ0) is 7.98. The Morgan fingerprint density at radius 1 is 1.70 bits per heavy atom. The standard InChI is InChI=1S/C8H11NO/c1-4-5-6-7-8(10)9(2)3/h1,6-7H,5H2,2-3H3/b7-6-. The number of amides is 1. The molecular formula is C8H11NO. The van der Waals surface area contributed by atoms with E-state index in [2.05, 4.69) is 5.92 Å². The highest BCUT2D eigenvalue weighted by molar-refractivity contribution is 5.87. The van der Waals surface area contributed by atoms with E-state index in [-0.39, 0.29) is 5.91 Å². The van der Waals surface area contributed by atoms with Crippen LogP contribution in [0.2, 0.25) is 0 Å². The fourth-order valence-corrected chi connectivity index (χ4v) is 0.377. The lowest BCUT2D eigenvalue weighted by Crippen LogP contribution is -2.18. The Bertz CT molecular complexity index is 174. The van der Waals surface area contributed by atoms with E-state index in [9.17, 15) is 4.79 Å². The Morgan fingerprint density at radius 2 is 2.30 bits per heavy atom. The second-order valence-electron chi connectivity index (χ2n) is 2.04. The van der Waals surface area contributed by atoms with E-state index in [0.29, 0.717) is 6.42 Å². The number of terminal acetylenes is 1. The summed E-state index contributed by atoms with van der Waals surface area (Å²) in [5, 5.41) is 0. The van der Waals surface area contributed by atoms with Gasteiger partial charge in [0.25, 0.3) is 0 Å². The van der Waals surface area contributed by atoms with Crippen LogP contribution in [0.1, 0.15) is 6.42 Å². The molecule has 0 spiro atoms. The minimum atomic E-state index is -0.0322. The van der Waals surface area contributed by atoms with Crippen LogP contribution in [0, 0.1) is 12.3 Å². The van der Waals surface area contributed by atoms with Gasteiger partial charge in [-0.3, -0.25) is 4.79 Å². The van der Waals surface area contributed by atoms with Crippen LogP contribution in [0.5, 0.6) is 0 Å². The smallest absolute Gasteiger partial charge is 0.245 e. The molecule has 0 atom stereocenters. The van der Waals surface area contributed by atoms with E-state index in [1.54, 1.807) is 20.2 Å². The van der Waals surface area contributed by atoms with Crippen LogP contribution < -0.4 is 0 Å². The van der Waals surface area contributed by atoms with Gasteiger partial charge in [0.05, 0.1) is 0 Å². The molecule has 10 heavy (non-hydrogen) atoms. The maximum atomic E-state index is 10.8. The van der Waals surface area contributed by atoms with Crippen molar-refractivity contribution in [1.29, 1.82) is 0 Å². The lowest BCUT2D eigenvalue weighted by atomic mass is 10.4. The van der Waals surface area contributed by atoms with Crippen molar-refractivity contribution in [2.24, 2.45) is 0 Å². The van der Waals surface area contributed by atoms with Crippen LogP contribution in [0.4, 0.5) is 0 Å². The summed E-state index contributed by atoms with van der Waals surface area (Å²) in [6, 6.07) is 0. The van der Waals surface area contributed by atoms with Crippen molar-refractivity contribution in [2.75, 3.05) is 14.1 Å². The van der Waals surface area contributed by atoms with Crippen molar-refractivity contribution in [3.63, 3.8) is 0 Å². The molecule has 0 saturated carbocycles. The van der Waals surface area contributed by atoms with Gasteiger partial charge in [0.1, 0.15) is 0 Å². The summed E-state index contributed by atoms with van der Waals surface area (Å²) >= 11 is 0. The van der Waals surface area contributed by atoms with E-state index >= 15 is 0 Å². The van der Waals surface area contributed by atoms with Crippen molar-refractivity contribution < 1.29 is 4.79 Å². The van der Waals surface area contributed by atoms with E-state index in [0.717, 1.165) is 0 Å². The summed E-state index contributed by atoms with van der Waals surface area (Å²) in [6.07, 6.45) is 8.62. The number of rotatable bonds is 2. The molecule has 2 nitrogen and oxygen atoms in total. The maximum absolute atomic E-state index is 10.8. The summed E-state index contributed by atoms with van der Waals surface area (Å²) in [5.41, 5.74) is 0. The monoisotopic (exact) mass is 137 g/mol. The lowest BCUT2D eigenvalue weighted by molar-refractivity contribution is -0.123. The van der Waals surface area contributed by atoms with Crippen LogP contribution in [0.25, 0.3) is 0 Å². The molecule has 0 radical (unpaired) electrons. The third-order valence-corrected chi connectivity index (χ3v) is 0.937. The van der Waals surface area contributed by atoms with Crippen molar-refractivity contribution in [3.8, 4) is 12.3 Å². The van der Waals surface area contributed by atoms with Crippen molar-refractivity contribution in [1.82, 2.24) is 4.90 Å². The molecule has 0 aromatic heterocycles. The van der Waals surface area contributed by atoms with Gasteiger partial charge in [0.15, 0.2) is 0 Å². The predicted molar refractivity (Wildman–Crippen MR) is 41.3 cm³/mol. The largest absolute Gasteiger partial charge is 0.345 e. The van der Waals surface area contributed by atoms with E-state index in [4.69, 9.17) is 6.42 Å². The molecule has 0 aliphatic carbocycles. The number of likely N-dealkylation sites (N-methyl/N-ethyl adjacent to an activating group) is 1. The van der Waals surface area contributed by atoms with Gasteiger partial charge in [0, 0.05) is 26.6 Å². The molecule has 1 amide bonds. The first-order chi connectivity index (χ1) is 4.68. The highest BCUT2D eigenvalue weighted by Crippen LogP contribution is 1.83. The number of hydrogen-bond donors (Lipinski definition) is 0. The second-order valence-corrected chi connectivity index (χ2v) is 2.04. The molecule has 0 aromatic carbocycles. The van der Waals surface area contributed by atoms with Crippen molar-refractivity contribution in [3.05, 3.63) is 12.2 Å².